The number of amides is 1. The molecule has 1 unspecified atom stereocenters. The summed E-state index contributed by atoms with van der Waals surface area (Å²) in [5.41, 5.74) is 0. The number of hydrogen-bond acceptors (Lipinski definition) is 3. The zero-order chi connectivity index (χ0) is 13.0. The van der Waals surface area contributed by atoms with E-state index >= 15 is 0 Å². The second-order valence-electron chi connectivity index (χ2n) is 5.96. The quantitative estimate of drug-likeness (QED) is 0.785. The molecule has 2 saturated heterocycles. The van der Waals surface area contributed by atoms with E-state index in [0.29, 0.717) is 6.04 Å². The fourth-order valence-corrected chi connectivity index (χ4v) is 2.88. The predicted octanol–water partition coefficient (Wildman–Crippen LogP) is 0.975. The van der Waals surface area contributed by atoms with Gasteiger partial charge in [0.25, 0.3) is 0 Å². The maximum atomic E-state index is 11.9. The van der Waals surface area contributed by atoms with Gasteiger partial charge in [0, 0.05) is 12.6 Å². The second-order valence-corrected chi connectivity index (χ2v) is 5.96. The Kier molecular flexibility index (Phi) is 5.01. The Morgan fingerprint density at radius 3 is 2.72 bits per heavy atom. The lowest BCUT2D eigenvalue weighted by atomic mass is 9.98. The van der Waals surface area contributed by atoms with Crippen LogP contribution in [0.15, 0.2) is 0 Å². The monoisotopic (exact) mass is 253 g/mol. The van der Waals surface area contributed by atoms with Crippen LogP contribution in [0.1, 0.15) is 39.5 Å². The summed E-state index contributed by atoms with van der Waals surface area (Å²) in [5.74, 6) is 1.05. The smallest absolute Gasteiger partial charge is 0.237 e. The Morgan fingerprint density at radius 1 is 1.39 bits per heavy atom. The Bertz CT molecular complexity index is 268. The lowest BCUT2D eigenvalue weighted by Gasteiger charge is -2.35. The average Bonchev–Trinajstić information content (AvgIpc) is 2.90. The molecule has 0 aliphatic carbocycles. The highest BCUT2D eigenvalue weighted by molar-refractivity contribution is 5.82. The van der Waals surface area contributed by atoms with Gasteiger partial charge in [-0.25, -0.2) is 0 Å². The Labute approximate surface area is 110 Å². The first-order valence-electron chi connectivity index (χ1n) is 7.42. The minimum Gasteiger partial charge on any atom is -0.353 e. The summed E-state index contributed by atoms with van der Waals surface area (Å²) in [5, 5.41) is 6.33. The van der Waals surface area contributed by atoms with Gasteiger partial charge in [0.15, 0.2) is 0 Å². The maximum Gasteiger partial charge on any atom is 0.237 e. The molecule has 2 atom stereocenters. The van der Waals surface area contributed by atoms with E-state index in [1.165, 1.54) is 25.9 Å². The third-order valence-corrected chi connectivity index (χ3v) is 4.39. The molecule has 1 amide bonds. The number of piperidine rings is 1. The molecule has 2 rings (SSSR count). The molecule has 0 radical (unpaired) electrons. The van der Waals surface area contributed by atoms with Crippen LogP contribution in [0.2, 0.25) is 0 Å². The number of likely N-dealkylation sites (tertiary alicyclic amines) is 1. The van der Waals surface area contributed by atoms with Crippen molar-refractivity contribution in [3.05, 3.63) is 0 Å². The molecule has 2 heterocycles. The van der Waals surface area contributed by atoms with E-state index in [-0.39, 0.29) is 11.9 Å². The van der Waals surface area contributed by atoms with E-state index in [4.69, 9.17) is 0 Å². The normalized spacial score (nSPS) is 28.2. The van der Waals surface area contributed by atoms with E-state index < -0.39 is 0 Å². The van der Waals surface area contributed by atoms with E-state index in [9.17, 15) is 4.79 Å². The number of nitrogens with one attached hydrogen (secondary N) is 2. The zero-order valence-corrected chi connectivity index (χ0v) is 11.7. The highest BCUT2D eigenvalue weighted by Crippen LogP contribution is 2.17. The van der Waals surface area contributed by atoms with Gasteiger partial charge in [-0.05, 0) is 58.2 Å². The molecule has 4 heteroatoms. The molecule has 0 bridgehead atoms. The standard InChI is InChI=1S/C14H27N3O/c1-11-5-8-17(9-6-11)12(2)10-16-14(18)13-4-3-7-15-13/h11-13,15H,3-10H2,1-2H3,(H,16,18)/t12?,13-/m0/s1. The van der Waals surface area contributed by atoms with Crippen LogP contribution in [-0.2, 0) is 4.79 Å². The first-order chi connectivity index (χ1) is 8.66. The van der Waals surface area contributed by atoms with Gasteiger partial charge in [-0.2, -0.15) is 0 Å². The first-order valence-corrected chi connectivity index (χ1v) is 7.42. The Morgan fingerprint density at radius 2 is 2.11 bits per heavy atom. The van der Waals surface area contributed by atoms with Crippen LogP contribution in [0.5, 0.6) is 0 Å². The lowest BCUT2D eigenvalue weighted by molar-refractivity contribution is -0.123. The summed E-state index contributed by atoms with van der Waals surface area (Å²) in [6.45, 7) is 8.68. The topological polar surface area (TPSA) is 44.4 Å². The van der Waals surface area contributed by atoms with Gasteiger partial charge in [-0.3, -0.25) is 9.69 Å². The minimum atomic E-state index is 0.0542. The minimum absolute atomic E-state index is 0.0542. The van der Waals surface area contributed by atoms with Gasteiger partial charge in [-0.15, -0.1) is 0 Å². The van der Waals surface area contributed by atoms with Crippen molar-refractivity contribution in [1.29, 1.82) is 0 Å². The van der Waals surface area contributed by atoms with Gasteiger partial charge in [-0.1, -0.05) is 6.92 Å². The molecule has 2 N–H and O–H groups in total. The molecular weight excluding hydrogens is 226 g/mol. The molecular formula is C14H27N3O. The lowest BCUT2D eigenvalue weighted by Crippen LogP contribution is -2.48. The van der Waals surface area contributed by atoms with Crippen LogP contribution < -0.4 is 10.6 Å². The molecule has 0 aromatic rings. The maximum absolute atomic E-state index is 11.9. The highest BCUT2D eigenvalue weighted by atomic mass is 16.2. The van der Waals surface area contributed by atoms with Crippen molar-refractivity contribution in [2.45, 2.75) is 51.6 Å². The predicted molar refractivity (Wildman–Crippen MR) is 73.5 cm³/mol. The third-order valence-electron chi connectivity index (χ3n) is 4.39. The Balaban J connectivity index is 1.67. The summed E-state index contributed by atoms with van der Waals surface area (Å²) < 4.78 is 0. The summed E-state index contributed by atoms with van der Waals surface area (Å²) in [6, 6.07) is 0.515. The third kappa shape index (κ3) is 3.69. The van der Waals surface area contributed by atoms with Crippen molar-refractivity contribution in [2.24, 2.45) is 5.92 Å². The van der Waals surface area contributed by atoms with Gasteiger partial charge in [0.2, 0.25) is 5.91 Å². The molecule has 0 aromatic carbocycles. The molecule has 18 heavy (non-hydrogen) atoms. The van der Waals surface area contributed by atoms with Crippen LogP contribution >= 0.6 is 0 Å². The van der Waals surface area contributed by atoms with E-state index in [2.05, 4.69) is 29.4 Å². The molecule has 0 saturated carbocycles. The number of rotatable bonds is 4. The number of nitrogens with zero attached hydrogens (tertiary/aromatic N) is 1. The summed E-state index contributed by atoms with van der Waals surface area (Å²) in [6.07, 6.45) is 4.70. The van der Waals surface area contributed by atoms with Crippen molar-refractivity contribution in [2.75, 3.05) is 26.2 Å². The van der Waals surface area contributed by atoms with Gasteiger partial charge >= 0.3 is 0 Å². The molecule has 2 aliphatic heterocycles. The fourth-order valence-electron chi connectivity index (χ4n) is 2.88. The van der Waals surface area contributed by atoms with Crippen LogP contribution in [0.4, 0.5) is 0 Å². The van der Waals surface area contributed by atoms with E-state index in [1.807, 2.05) is 0 Å². The molecule has 0 aromatic heterocycles. The van der Waals surface area contributed by atoms with Crippen molar-refractivity contribution in [3.63, 3.8) is 0 Å². The molecule has 2 aliphatic rings. The molecule has 2 fully saturated rings. The SMILES string of the molecule is CC1CCN(C(C)CNC(=O)[C@@H]2CCCN2)CC1. The molecule has 4 nitrogen and oxygen atoms in total. The number of carbonyl (C=O) groups excluding carboxylic acids is 1. The second kappa shape index (κ2) is 6.53. The van der Waals surface area contributed by atoms with E-state index in [0.717, 1.165) is 31.8 Å². The first kappa shape index (κ1) is 13.8. The van der Waals surface area contributed by atoms with Crippen molar-refractivity contribution in [3.8, 4) is 0 Å². The molecule has 0 spiro atoms. The van der Waals surface area contributed by atoms with Gasteiger partial charge in [0.05, 0.1) is 6.04 Å². The number of hydrogen-bond donors (Lipinski definition) is 2. The van der Waals surface area contributed by atoms with Gasteiger partial charge < -0.3 is 10.6 Å². The largest absolute Gasteiger partial charge is 0.353 e. The van der Waals surface area contributed by atoms with Crippen LogP contribution in [-0.4, -0.2) is 49.1 Å². The van der Waals surface area contributed by atoms with Crippen molar-refractivity contribution in [1.82, 2.24) is 15.5 Å². The van der Waals surface area contributed by atoms with Crippen molar-refractivity contribution < 1.29 is 4.79 Å². The highest BCUT2D eigenvalue weighted by Gasteiger charge is 2.24. The molecule has 104 valence electrons. The summed E-state index contributed by atoms with van der Waals surface area (Å²) >= 11 is 0. The summed E-state index contributed by atoms with van der Waals surface area (Å²) in [4.78, 5) is 14.4. The van der Waals surface area contributed by atoms with E-state index in [1.54, 1.807) is 0 Å². The van der Waals surface area contributed by atoms with Crippen LogP contribution in [0, 0.1) is 5.92 Å². The van der Waals surface area contributed by atoms with Gasteiger partial charge in [0.1, 0.15) is 0 Å². The van der Waals surface area contributed by atoms with Crippen LogP contribution in [0.3, 0.4) is 0 Å². The summed E-state index contributed by atoms with van der Waals surface area (Å²) in [7, 11) is 0. The number of carbonyl (C=O) groups is 1. The zero-order valence-electron chi connectivity index (χ0n) is 11.7. The van der Waals surface area contributed by atoms with Crippen molar-refractivity contribution >= 4 is 5.91 Å². The van der Waals surface area contributed by atoms with Crippen LogP contribution in [0.25, 0.3) is 0 Å². The average molecular weight is 253 g/mol. The Hall–Kier alpha value is -0.610. The fraction of sp³-hybridized carbons (Fsp3) is 0.929.